The molecule has 90 valence electrons. The van der Waals surface area contributed by atoms with Crippen molar-refractivity contribution in [3.63, 3.8) is 0 Å². The van der Waals surface area contributed by atoms with Crippen LogP contribution in [0.2, 0.25) is 0 Å². The van der Waals surface area contributed by atoms with E-state index in [0.29, 0.717) is 36.4 Å². The third-order valence-electron chi connectivity index (χ3n) is 2.96. The first-order chi connectivity index (χ1) is 8.17. The zero-order valence-electron chi connectivity index (χ0n) is 10.0. The molecular formula is C13H15NO3. The molecule has 0 bridgehead atoms. The Balaban J connectivity index is 2.48. The van der Waals surface area contributed by atoms with Crippen molar-refractivity contribution in [1.29, 1.82) is 0 Å². The summed E-state index contributed by atoms with van der Waals surface area (Å²) in [5.41, 5.74) is 1.28. The van der Waals surface area contributed by atoms with Gasteiger partial charge in [0.1, 0.15) is 5.75 Å². The fourth-order valence-electron chi connectivity index (χ4n) is 2.02. The highest BCUT2D eigenvalue weighted by atomic mass is 16.5. The summed E-state index contributed by atoms with van der Waals surface area (Å²) >= 11 is 0. The molecule has 0 unspecified atom stereocenters. The highest BCUT2D eigenvalue weighted by molar-refractivity contribution is 6.08. The summed E-state index contributed by atoms with van der Waals surface area (Å²) < 4.78 is 5.13. The maximum atomic E-state index is 11.8. The van der Waals surface area contributed by atoms with Crippen LogP contribution in [0.15, 0.2) is 18.2 Å². The summed E-state index contributed by atoms with van der Waals surface area (Å²) in [6, 6.07) is 5.22. The largest absolute Gasteiger partial charge is 0.497 e. The van der Waals surface area contributed by atoms with Crippen molar-refractivity contribution >= 4 is 17.4 Å². The summed E-state index contributed by atoms with van der Waals surface area (Å²) in [6.45, 7) is 2.28. The van der Waals surface area contributed by atoms with E-state index < -0.39 is 0 Å². The van der Waals surface area contributed by atoms with Crippen LogP contribution in [0.3, 0.4) is 0 Å². The van der Waals surface area contributed by atoms with Crippen LogP contribution in [0.5, 0.6) is 5.75 Å². The van der Waals surface area contributed by atoms with Crippen LogP contribution in [-0.4, -0.2) is 25.3 Å². The molecule has 0 radical (unpaired) electrons. The number of fused-ring (bicyclic) bond motifs is 1. The second-order valence-electron chi connectivity index (χ2n) is 3.96. The molecule has 1 amide bonds. The molecule has 0 atom stereocenters. The number of hydrogen-bond acceptors (Lipinski definition) is 3. The van der Waals surface area contributed by atoms with E-state index in [9.17, 15) is 9.59 Å². The molecule has 1 aliphatic heterocycles. The molecule has 1 aliphatic rings. The van der Waals surface area contributed by atoms with Gasteiger partial charge in [0.15, 0.2) is 5.78 Å². The van der Waals surface area contributed by atoms with Gasteiger partial charge in [0.2, 0.25) is 5.91 Å². The average molecular weight is 233 g/mol. The maximum Gasteiger partial charge on any atom is 0.226 e. The van der Waals surface area contributed by atoms with Gasteiger partial charge in [-0.3, -0.25) is 9.59 Å². The fourth-order valence-corrected chi connectivity index (χ4v) is 2.02. The van der Waals surface area contributed by atoms with Crippen LogP contribution < -0.4 is 9.64 Å². The summed E-state index contributed by atoms with van der Waals surface area (Å²) in [4.78, 5) is 25.2. The molecular weight excluding hydrogens is 218 g/mol. The van der Waals surface area contributed by atoms with Crippen molar-refractivity contribution in [2.45, 2.75) is 19.8 Å². The highest BCUT2D eigenvalue weighted by Gasteiger charge is 2.26. The number of anilines is 1. The molecule has 17 heavy (non-hydrogen) atoms. The van der Waals surface area contributed by atoms with Gasteiger partial charge >= 0.3 is 0 Å². The Bertz CT molecular complexity index is 468. The van der Waals surface area contributed by atoms with Gasteiger partial charge in [0.25, 0.3) is 0 Å². The molecule has 1 aromatic rings. The van der Waals surface area contributed by atoms with Crippen molar-refractivity contribution < 1.29 is 14.3 Å². The van der Waals surface area contributed by atoms with Gasteiger partial charge in [0.05, 0.1) is 12.8 Å². The van der Waals surface area contributed by atoms with E-state index in [-0.39, 0.29) is 11.7 Å². The molecule has 0 saturated heterocycles. The minimum Gasteiger partial charge on any atom is -0.497 e. The monoisotopic (exact) mass is 233 g/mol. The number of methoxy groups -OCH3 is 1. The molecule has 4 nitrogen and oxygen atoms in total. The lowest BCUT2D eigenvalue weighted by atomic mass is 10.00. The molecule has 4 heteroatoms. The van der Waals surface area contributed by atoms with E-state index in [0.717, 1.165) is 0 Å². The number of amides is 1. The van der Waals surface area contributed by atoms with Crippen LogP contribution in [0.1, 0.15) is 30.1 Å². The van der Waals surface area contributed by atoms with Gasteiger partial charge < -0.3 is 9.64 Å². The number of Topliss-reactive ketones (excluding diaryl/α,β-unsaturated/α-hetero) is 1. The van der Waals surface area contributed by atoms with Crippen molar-refractivity contribution in [1.82, 2.24) is 0 Å². The average Bonchev–Trinajstić information content (AvgIpc) is 2.38. The Morgan fingerprint density at radius 3 is 2.88 bits per heavy atom. The smallest absolute Gasteiger partial charge is 0.226 e. The topological polar surface area (TPSA) is 46.6 Å². The lowest BCUT2D eigenvalue weighted by Gasteiger charge is -2.28. The Morgan fingerprint density at radius 1 is 1.47 bits per heavy atom. The van der Waals surface area contributed by atoms with Gasteiger partial charge in [-0.05, 0) is 12.1 Å². The van der Waals surface area contributed by atoms with E-state index in [2.05, 4.69) is 0 Å². The summed E-state index contributed by atoms with van der Waals surface area (Å²) in [7, 11) is 1.57. The molecule has 0 fully saturated rings. The number of ether oxygens (including phenoxy) is 1. The summed E-state index contributed by atoms with van der Waals surface area (Å²) in [5.74, 6) is 0.780. The van der Waals surface area contributed by atoms with Crippen molar-refractivity contribution in [2.75, 3.05) is 18.6 Å². The third kappa shape index (κ3) is 2.02. The predicted octanol–water partition coefficient (Wildman–Crippen LogP) is 2.02. The second kappa shape index (κ2) is 4.57. The number of rotatable bonds is 2. The Hall–Kier alpha value is -1.84. The quantitative estimate of drug-likeness (QED) is 0.785. The van der Waals surface area contributed by atoms with Crippen molar-refractivity contribution in [3.8, 4) is 5.75 Å². The number of hydrogen-bond donors (Lipinski definition) is 0. The van der Waals surface area contributed by atoms with Gasteiger partial charge in [0, 0.05) is 31.0 Å². The fraction of sp³-hybridized carbons (Fsp3) is 0.385. The Kier molecular flexibility index (Phi) is 3.13. The van der Waals surface area contributed by atoms with Crippen LogP contribution in [-0.2, 0) is 4.79 Å². The lowest BCUT2D eigenvalue weighted by molar-refractivity contribution is -0.118. The number of benzene rings is 1. The van der Waals surface area contributed by atoms with E-state index in [1.54, 1.807) is 30.2 Å². The van der Waals surface area contributed by atoms with Crippen molar-refractivity contribution in [2.24, 2.45) is 0 Å². The van der Waals surface area contributed by atoms with E-state index >= 15 is 0 Å². The first-order valence-corrected chi connectivity index (χ1v) is 5.69. The number of carbonyl (C=O) groups excluding carboxylic acids is 2. The number of ketones is 1. The van der Waals surface area contributed by atoms with E-state index in [1.807, 2.05) is 6.92 Å². The number of carbonyl (C=O) groups is 2. The Morgan fingerprint density at radius 2 is 2.24 bits per heavy atom. The molecule has 2 rings (SSSR count). The zero-order valence-corrected chi connectivity index (χ0v) is 10.0. The first-order valence-electron chi connectivity index (χ1n) is 5.69. The van der Waals surface area contributed by atoms with E-state index in [1.165, 1.54) is 0 Å². The predicted molar refractivity (Wildman–Crippen MR) is 64.6 cm³/mol. The molecule has 0 aromatic heterocycles. The molecule has 1 heterocycles. The van der Waals surface area contributed by atoms with Crippen LogP contribution in [0.25, 0.3) is 0 Å². The SMILES string of the molecule is CCC(=O)N1CCC(=O)c2ccc(OC)cc21. The van der Waals surface area contributed by atoms with Gasteiger partial charge in [-0.15, -0.1) is 0 Å². The normalized spacial score (nSPS) is 14.5. The van der Waals surface area contributed by atoms with Crippen LogP contribution in [0.4, 0.5) is 5.69 Å². The standard InChI is InChI=1S/C13H15NO3/c1-3-13(16)14-7-6-12(15)10-5-4-9(17-2)8-11(10)14/h4-5,8H,3,6-7H2,1-2H3. The summed E-state index contributed by atoms with van der Waals surface area (Å²) in [5, 5.41) is 0. The van der Waals surface area contributed by atoms with Gasteiger partial charge in [-0.1, -0.05) is 6.92 Å². The molecule has 0 saturated carbocycles. The minimum absolute atomic E-state index is 0.0343. The maximum absolute atomic E-state index is 11.8. The first kappa shape index (κ1) is 11.6. The lowest BCUT2D eigenvalue weighted by Crippen LogP contribution is -2.36. The van der Waals surface area contributed by atoms with Gasteiger partial charge in [-0.25, -0.2) is 0 Å². The summed E-state index contributed by atoms with van der Waals surface area (Å²) in [6.07, 6.45) is 0.829. The molecule has 0 N–H and O–H groups in total. The van der Waals surface area contributed by atoms with Crippen LogP contribution in [0, 0.1) is 0 Å². The molecule has 1 aromatic carbocycles. The van der Waals surface area contributed by atoms with E-state index in [4.69, 9.17) is 4.74 Å². The Labute approximate surface area is 100 Å². The van der Waals surface area contributed by atoms with Gasteiger partial charge in [-0.2, -0.15) is 0 Å². The minimum atomic E-state index is 0.0343. The third-order valence-corrected chi connectivity index (χ3v) is 2.96. The number of nitrogens with zero attached hydrogens (tertiary/aromatic N) is 1. The van der Waals surface area contributed by atoms with Crippen LogP contribution >= 0.6 is 0 Å². The molecule has 0 aliphatic carbocycles. The second-order valence-corrected chi connectivity index (χ2v) is 3.96. The zero-order chi connectivity index (χ0) is 12.4. The highest BCUT2D eigenvalue weighted by Crippen LogP contribution is 2.31. The van der Waals surface area contributed by atoms with Crippen molar-refractivity contribution in [3.05, 3.63) is 23.8 Å². The molecule has 0 spiro atoms.